The first-order valence-corrected chi connectivity index (χ1v) is 8.43. The zero-order valence-electron chi connectivity index (χ0n) is 11.8. The zero-order chi connectivity index (χ0) is 15.9. The maximum Gasteiger partial charge on any atom is 0.339 e. The number of benzene rings is 1. The number of hydrogen-bond donors (Lipinski definition) is 0. The van der Waals surface area contributed by atoms with Crippen molar-refractivity contribution in [3.63, 3.8) is 0 Å². The van der Waals surface area contributed by atoms with Crippen LogP contribution in [0.15, 0.2) is 18.2 Å². The molecule has 22 heavy (non-hydrogen) atoms. The summed E-state index contributed by atoms with van der Waals surface area (Å²) in [7, 11) is 0. The van der Waals surface area contributed by atoms with Crippen LogP contribution in [0.5, 0.6) is 0 Å². The van der Waals surface area contributed by atoms with Crippen LogP contribution in [0.2, 0.25) is 9.36 Å². The number of nitrogens with zero attached hydrogens (tertiary/aromatic N) is 1. The van der Waals surface area contributed by atoms with Crippen LogP contribution in [-0.2, 0) is 9.53 Å². The van der Waals surface area contributed by atoms with Gasteiger partial charge in [0.1, 0.15) is 10.4 Å². The Kier molecular flexibility index (Phi) is 4.30. The third-order valence-electron chi connectivity index (χ3n) is 3.67. The first kappa shape index (κ1) is 15.6. The van der Waals surface area contributed by atoms with E-state index in [9.17, 15) is 9.59 Å². The van der Waals surface area contributed by atoms with Crippen LogP contribution in [0.25, 0.3) is 10.1 Å². The first-order chi connectivity index (χ1) is 10.5. The topological polar surface area (TPSA) is 46.6 Å². The van der Waals surface area contributed by atoms with Crippen molar-refractivity contribution in [2.45, 2.75) is 19.4 Å². The van der Waals surface area contributed by atoms with E-state index in [2.05, 4.69) is 0 Å². The molecule has 1 saturated heterocycles. The van der Waals surface area contributed by atoms with Crippen molar-refractivity contribution >= 4 is 56.5 Å². The minimum atomic E-state index is -0.448. The molecule has 2 heterocycles. The molecular formula is C15H13Cl2NO3S. The molecule has 1 aromatic carbocycles. The van der Waals surface area contributed by atoms with Crippen LogP contribution in [-0.4, -0.2) is 36.0 Å². The third kappa shape index (κ3) is 2.69. The fourth-order valence-corrected chi connectivity index (χ4v) is 4.14. The fourth-order valence-electron chi connectivity index (χ4n) is 2.56. The van der Waals surface area contributed by atoms with Crippen molar-refractivity contribution < 1.29 is 14.3 Å². The van der Waals surface area contributed by atoms with E-state index in [1.165, 1.54) is 11.3 Å². The van der Waals surface area contributed by atoms with Gasteiger partial charge < -0.3 is 9.64 Å². The number of amides is 1. The number of rotatable bonds is 3. The van der Waals surface area contributed by atoms with E-state index in [4.69, 9.17) is 27.9 Å². The normalized spacial score (nSPS) is 18.2. The van der Waals surface area contributed by atoms with Crippen molar-refractivity contribution in [2.75, 3.05) is 13.1 Å². The van der Waals surface area contributed by atoms with Crippen molar-refractivity contribution in [3.8, 4) is 0 Å². The van der Waals surface area contributed by atoms with Gasteiger partial charge in [-0.3, -0.25) is 4.79 Å². The number of thiophene rings is 1. The summed E-state index contributed by atoms with van der Waals surface area (Å²) < 4.78 is 6.63. The van der Waals surface area contributed by atoms with E-state index >= 15 is 0 Å². The third-order valence-corrected chi connectivity index (χ3v) is 5.72. The average Bonchev–Trinajstić information content (AvgIpc) is 2.99. The second kappa shape index (κ2) is 6.07. The van der Waals surface area contributed by atoms with Gasteiger partial charge in [-0.25, -0.2) is 4.79 Å². The zero-order valence-corrected chi connectivity index (χ0v) is 14.1. The summed E-state index contributed by atoms with van der Waals surface area (Å²) in [5.41, 5.74) is 0.429. The summed E-state index contributed by atoms with van der Waals surface area (Å²) in [4.78, 5) is 25.8. The molecule has 3 rings (SSSR count). The summed E-state index contributed by atoms with van der Waals surface area (Å²) in [5, 5.41) is 1.19. The molecule has 0 aliphatic carbocycles. The lowest BCUT2D eigenvalue weighted by molar-refractivity contribution is -0.127. The highest BCUT2D eigenvalue weighted by atomic mass is 35.5. The summed E-state index contributed by atoms with van der Waals surface area (Å²) in [6, 6.07) is 5.24. The Morgan fingerprint density at radius 2 is 2.23 bits per heavy atom. The molecule has 1 unspecified atom stereocenters. The van der Waals surface area contributed by atoms with Gasteiger partial charge >= 0.3 is 5.97 Å². The molecule has 0 bridgehead atoms. The van der Waals surface area contributed by atoms with Crippen LogP contribution < -0.4 is 0 Å². The number of fused-ring (bicyclic) bond motifs is 1. The summed E-state index contributed by atoms with van der Waals surface area (Å²) >= 11 is 13.4. The quantitative estimate of drug-likeness (QED) is 0.780. The SMILES string of the molecule is CCN1CC(OC(=O)c2cccc3c(Cl)c(Cl)sc23)CC1=O. The lowest BCUT2D eigenvalue weighted by Gasteiger charge is -2.14. The van der Waals surface area contributed by atoms with E-state index in [-0.39, 0.29) is 12.3 Å². The number of ether oxygens (including phenoxy) is 1. The maximum absolute atomic E-state index is 12.4. The van der Waals surface area contributed by atoms with E-state index < -0.39 is 12.1 Å². The molecule has 1 aliphatic rings. The van der Waals surface area contributed by atoms with Gasteiger partial charge in [0.25, 0.3) is 0 Å². The van der Waals surface area contributed by atoms with Crippen molar-refractivity contribution in [1.29, 1.82) is 0 Å². The Hall–Kier alpha value is -1.30. The van der Waals surface area contributed by atoms with Crippen molar-refractivity contribution in [2.24, 2.45) is 0 Å². The highest BCUT2D eigenvalue weighted by Gasteiger charge is 2.31. The highest BCUT2D eigenvalue weighted by Crippen LogP contribution is 2.40. The Morgan fingerprint density at radius 1 is 1.45 bits per heavy atom. The summed E-state index contributed by atoms with van der Waals surface area (Å²) in [6.45, 7) is 2.97. The molecule has 0 N–H and O–H groups in total. The van der Waals surface area contributed by atoms with Crippen LogP contribution in [0, 0.1) is 0 Å². The fraction of sp³-hybridized carbons (Fsp3) is 0.333. The molecule has 1 aromatic heterocycles. The Labute approximate surface area is 141 Å². The molecule has 1 fully saturated rings. The molecule has 1 atom stereocenters. The maximum atomic E-state index is 12.4. The molecule has 0 spiro atoms. The Balaban J connectivity index is 1.84. The molecule has 0 saturated carbocycles. The van der Waals surface area contributed by atoms with Crippen LogP contribution >= 0.6 is 34.5 Å². The van der Waals surface area contributed by atoms with E-state index in [1.807, 2.05) is 13.0 Å². The number of likely N-dealkylation sites (N-methyl/N-ethyl adjacent to an activating group) is 1. The van der Waals surface area contributed by atoms with Crippen LogP contribution in [0.4, 0.5) is 0 Å². The number of halogens is 2. The number of likely N-dealkylation sites (tertiary alicyclic amines) is 1. The predicted octanol–water partition coefficient (Wildman–Crippen LogP) is 3.99. The van der Waals surface area contributed by atoms with Crippen LogP contribution in [0.1, 0.15) is 23.7 Å². The Bertz CT molecular complexity index is 759. The molecule has 2 aromatic rings. The number of carbonyl (C=O) groups excluding carboxylic acids is 2. The predicted molar refractivity (Wildman–Crippen MR) is 87.9 cm³/mol. The van der Waals surface area contributed by atoms with Gasteiger partial charge in [0.2, 0.25) is 5.91 Å². The van der Waals surface area contributed by atoms with Crippen molar-refractivity contribution in [3.05, 3.63) is 33.1 Å². The first-order valence-electron chi connectivity index (χ1n) is 6.86. The monoisotopic (exact) mass is 357 g/mol. The second-order valence-corrected chi connectivity index (χ2v) is 7.04. The average molecular weight is 358 g/mol. The molecule has 7 heteroatoms. The molecule has 1 amide bonds. The van der Waals surface area contributed by atoms with Gasteiger partial charge in [-0.15, -0.1) is 11.3 Å². The molecular weight excluding hydrogens is 345 g/mol. The Morgan fingerprint density at radius 3 is 2.91 bits per heavy atom. The van der Waals surface area contributed by atoms with E-state index in [0.717, 1.165) is 5.39 Å². The van der Waals surface area contributed by atoms with Gasteiger partial charge in [0, 0.05) is 11.9 Å². The lowest BCUT2D eigenvalue weighted by Crippen LogP contribution is -2.26. The number of esters is 1. The van der Waals surface area contributed by atoms with Gasteiger partial charge in [-0.05, 0) is 13.0 Å². The smallest absolute Gasteiger partial charge is 0.339 e. The van der Waals surface area contributed by atoms with E-state index in [0.29, 0.717) is 32.7 Å². The molecule has 0 radical (unpaired) electrons. The van der Waals surface area contributed by atoms with Gasteiger partial charge in [0.15, 0.2) is 0 Å². The van der Waals surface area contributed by atoms with Gasteiger partial charge in [-0.2, -0.15) is 0 Å². The standard InChI is InChI=1S/C15H13Cl2NO3S/c1-2-18-7-8(6-11(18)19)21-15(20)10-5-3-4-9-12(16)14(17)22-13(9)10/h3-5,8H,2,6-7H2,1H3. The highest BCUT2D eigenvalue weighted by molar-refractivity contribution is 7.23. The molecule has 1 aliphatic heterocycles. The van der Waals surface area contributed by atoms with Gasteiger partial charge in [0.05, 0.1) is 28.3 Å². The number of carbonyl (C=O) groups is 2. The van der Waals surface area contributed by atoms with Crippen LogP contribution in [0.3, 0.4) is 0 Å². The largest absolute Gasteiger partial charge is 0.456 e. The second-order valence-electron chi connectivity index (χ2n) is 5.04. The molecule has 116 valence electrons. The van der Waals surface area contributed by atoms with Crippen molar-refractivity contribution in [1.82, 2.24) is 4.90 Å². The summed E-state index contributed by atoms with van der Waals surface area (Å²) in [5.74, 6) is -0.434. The van der Waals surface area contributed by atoms with Gasteiger partial charge in [-0.1, -0.05) is 35.3 Å². The molecule has 4 nitrogen and oxygen atoms in total. The minimum Gasteiger partial charge on any atom is -0.456 e. The van der Waals surface area contributed by atoms with E-state index in [1.54, 1.807) is 17.0 Å². The lowest BCUT2D eigenvalue weighted by atomic mass is 10.1. The minimum absolute atomic E-state index is 0.0146. The summed E-state index contributed by atoms with van der Waals surface area (Å²) in [6.07, 6.45) is -0.164. The number of hydrogen-bond acceptors (Lipinski definition) is 4.